The number of methoxy groups -OCH3 is 1. The van der Waals surface area contributed by atoms with Gasteiger partial charge in [-0.1, -0.05) is 24.4 Å². The normalized spacial score (nSPS) is 21.4. The Labute approximate surface area is 102 Å². The molecule has 1 fully saturated rings. The van der Waals surface area contributed by atoms with Crippen LogP contribution in [0.25, 0.3) is 0 Å². The van der Waals surface area contributed by atoms with E-state index in [1.54, 1.807) is 7.11 Å². The molecule has 5 heteroatoms. The molecule has 2 rings (SSSR count). The average molecular weight is 239 g/mol. The molecule has 0 saturated heterocycles. The fraction of sp³-hybridized carbons (Fsp3) is 0.833. The Morgan fingerprint density at radius 1 is 1.35 bits per heavy atom. The van der Waals surface area contributed by atoms with Crippen LogP contribution in [0.2, 0.25) is 0 Å². The zero-order chi connectivity index (χ0) is 12.3. The first-order chi connectivity index (χ1) is 8.22. The van der Waals surface area contributed by atoms with Gasteiger partial charge < -0.3 is 15.0 Å². The summed E-state index contributed by atoms with van der Waals surface area (Å²) in [5, 5.41) is 3.99. The van der Waals surface area contributed by atoms with Crippen molar-refractivity contribution in [1.82, 2.24) is 10.1 Å². The van der Waals surface area contributed by atoms with Crippen molar-refractivity contribution in [2.24, 2.45) is 11.7 Å². The van der Waals surface area contributed by atoms with E-state index in [2.05, 4.69) is 10.1 Å². The second-order valence-electron chi connectivity index (χ2n) is 4.83. The van der Waals surface area contributed by atoms with Crippen LogP contribution in [0.3, 0.4) is 0 Å². The Morgan fingerprint density at radius 3 is 2.59 bits per heavy atom. The van der Waals surface area contributed by atoms with Gasteiger partial charge >= 0.3 is 0 Å². The van der Waals surface area contributed by atoms with Crippen LogP contribution in [-0.4, -0.2) is 17.3 Å². The molecule has 1 aromatic heterocycles. The smallest absolute Gasteiger partial charge is 0.243 e. The SMILES string of the molecule is COC(c1noc(C(C)N)n1)C1CCCCC1. The molecule has 5 nitrogen and oxygen atoms in total. The van der Waals surface area contributed by atoms with Gasteiger partial charge in [0.15, 0.2) is 0 Å². The Bertz CT molecular complexity index is 345. The number of rotatable bonds is 4. The molecule has 1 aliphatic carbocycles. The lowest BCUT2D eigenvalue weighted by molar-refractivity contribution is 0.0273. The molecule has 2 unspecified atom stereocenters. The van der Waals surface area contributed by atoms with Crippen LogP contribution in [0.5, 0.6) is 0 Å². The second kappa shape index (κ2) is 5.60. The van der Waals surface area contributed by atoms with Crippen molar-refractivity contribution in [3.63, 3.8) is 0 Å². The van der Waals surface area contributed by atoms with Crippen LogP contribution in [-0.2, 0) is 4.74 Å². The van der Waals surface area contributed by atoms with Gasteiger partial charge in [0.05, 0.1) is 6.04 Å². The molecular formula is C12H21N3O2. The fourth-order valence-electron chi connectivity index (χ4n) is 2.49. The highest BCUT2D eigenvalue weighted by Crippen LogP contribution is 2.35. The van der Waals surface area contributed by atoms with E-state index in [9.17, 15) is 0 Å². The van der Waals surface area contributed by atoms with Crippen LogP contribution < -0.4 is 5.73 Å². The molecule has 2 N–H and O–H groups in total. The van der Waals surface area contributed by atoms with Gasteiger partial charge in [-0.05, 0) is 25.7 Å². The molecule has 1 aliphatic rings. The highest BCUT2D eigenvalue weighted by Gasteiger charge is 2.29. The third-order valence-electron chi connectivity index (χ3n) is 3.43. The molecule has 0 aliphatic heterocycles. The molecule has 0 amide bonds. The van der Waals surface area contributed by atoms with Crippen molar-refractivity contribution in [3.05, 3.63) is 11.7 Å². The van der Waals surface area contributed by atoms with Gasteiger partial charge in [0.2, 0.25) is 11.7 Å². The van der Waals surface area contributed by atoms with Gasteiger partial charge in [0, 0.05) is 7.11 Å². The second-order valence-corrected chi connectivity index (χ2v) is 4.83. The lowest BCUT2D eigenvalue weighted by Gasteiger charge is -2.26. The van der Waals surface area contributed by atoms with Crippen LogP contribution in [0.4, 0.5) is 0 Å². The maximum absolute atomic E-state index is 5.71. The summed E-state index contributed by atoms with van der Waals surface area (Å²) in [5.74, 6) is 1.64. The van der Waals surface area contributed by atoms with Gasteiger partial charge in [0.25, 0.3) is 0 Å². The summed E-state index contributed by atoms with van der Waals surface area (Å²) in [4.78, 5) is 4.33. The number of aromatic nitrogens is 2. The van der Waals surface area contributed by atoms with E-state index in [-0.39, 0.29) is 12.1 Å². The van der Waals surface area contributed by atoms with E-state index in [0.717, 1.165) is 0 Å². The summed E-state index contributed by atoms with van der Waals surface area (Å²) in [6, 6.07) is -0.222. The minimum absolute atomic E-state index is 0.0495. The van der Waals surface area contributed by atoms with Gasteiger partial charge in [-0.25, -0.2) is 0 Å². The lowest BCUT2D eigenvalue weighted by Crippen LogP contribution is -2.19. The summed E-state index contributed by atoms with van der Waals surface area (Å²) in [7, 11) is 1.71. The van der Waals surface area contributed by atoms with Gasteiger partial charge in [-0.2, -0.15) is 4.98 Å². The first kappa shape index (κ1) is 12.5. The Kier molecular flexibility index (Phi) is 4.12. The zero-order valence-corrected chi connectivity index (χ0v) is 10.6. The van der Waals surface area contributed by atoms with Crippen LogP contribution in [0.15, 0.2) is 4.52 Å². The first-order valence-electron chi connectivity index (χ1n) is 6.34. The molecule has 0 radical (unpaired) electrons. The van der Waals surface area contributed by atoms with E-state index in [4.69, 9.17) is 15.0 Å². The molecular weight excluding hydrogens is 218 g/mol. The van der Waals surface area contributed by atoms with Crippen molar-refractivity contribution in [1.29, 1.82) is 0 Å². The van der Waals surface area contributed by atoms with Crippen LogP contribution >= 0.6 is 0 Å². The number of hydrogen-bond donors (Lipinski definition) is 1. The summed E-state index contributed by atoms with van der Waals surface area (Å²) in [5.41, 5.74) is 5.71. The van der Waals surface area contributed by atoms with E-state index >= 15 is 0 Å². The fourth-order valence-corrected chi connectivity index (χ4v) is 2.49. The largest absolute Gasteiger partial charge is 0.373 e. The summed E-state index contributed by atoms with van der Waals surface area (Å²) in [6.45, 7) is 1.83. The quantitative estimate of drug-likeness (QED) is 0.873. The Hall–Kier alpha value is -0.940. The molecule has 0 bridgehead atoms. The topological polar surface area (TPSA) is 74.2 Å². The predicted octanol–water partition coefficient (Wildman–Crippen LogP) is 2.36. The molecule has 1 saturated carbocycles. The van der Waals surface area contributed by atoms with Crippen LogP contribution in [0.1, 0.15) is 62.9 Å². The Morgan fingerprint density at radius 2 is 2.06 bits per heavy atom. The van der Waals surface area contributed by atoms with Crippen molar-refractivity contribution in [3.8, 4) is 0 Å². The van der Waals surface area contributed by atoms with Crippen molar-refractivity contribution >= 4 is 0 Å². The minimum atomic E-state index is -0.222. The number of nitrogens with zero attached hydrogens (tertiary/aromatic N) is 2. The minimum Gasteiger partial charge on any atom is -0.373 e. The van der Waals surface area contributed by atoms with Gasteiger partial charge in [-0.15, -0.1) is 0 Å². The highest BCUT2D eigenvalue weighted by molar-refractivity contribution is 4.96. The van der Waals surface area contributed by atoms with Gasteiger partial charge in [-0.3, -0.25) is 0 Å². The third-order valence-corrected chi connectivity index (χ3v) is 3.43. The summed E-state index contributed by atoms with van der Waals surface area (Å²) in [6.07, 6.45) is 6.17. The van der Waals surface area contributed by atoms with Crippen molar-refractivity contribution < 1.29 is 9.26 Å². The zero-order valence-electron chi connectivity index (χ0n) is 10.6. The Balaban J connectivity index is 2.10. The van der Waals surface area contributed by atoms with E-state index < -0.39 is 0 Å². The molecule has 1 aromatic rings. The van der Waals surface area contributed by atoms with E-state index in [0.29, 0.717) is 17.6 Å². The summed E-state index contributed by atoms with van der Waals surface area (Å²) < 4.78 is 10.7. The molecule has 2 atom stereocenters. The maximum atomic E-state index is 5.71. The first-order valence-corrected chi connectivity index (χ1v) is 6.34. The van der Waals surface area contributed by atoms with E-state index in [1.807, 2.05) is 6.92 Å². The maximum Gasteiger partial charge on any atom is 0.243 e. The van der Waals surface area contributed by atoms with Crippen molar-refractivity contribution in [2.45, 2.75) is 51.2 Å². The summed E-state index contributed by atoms with van der Waals surface area (Å²) >= 11 is 0. The highest BCUT2D eigenvalue weighted by atomic mass is 16.5. The standard InChI is InChI=1S/C12H21N3O2/c1-8(13)12-14-11(15-17-12)10(16-2)9-6-4-3-5-7-9/h8-10H,3-7,13H2,1-2H3. The lowest BCUT2D eigenvalue weighted by atomic mass is 9.85. The number of nitrogens with two attached hydrogens (primary N) is 1. The third kappa shape index (κ3) is 2.84. The van der Waals surface area contributed by atoms with Crippen LogP contribution in [0, 0.1) is 5.92 Å². The number of ether oxygens (including phenoxy) is 1. The molecule has 0 aromatic carbocycles. The monoisotopic (exact) mass is 239 g/mol. The molecule has 0 spiro atoms. The molecule has 1 heterocycles. The van der Waals surface area contributed by atoms with E-state index in [1.165, 1.54) is 32.1 Å². The average Bonchev–Trinajstić information content (AvgIpc) is 2.81. The number of hydrogen-bond acceptors (Lipinski definition) is 5. The van der Waals surface area contributed by atoms with Crippen molar-refractivity contribution in [2.75, 3.05) is 7.11 Å². The molecule has 96 valence electrons. The molecule has 17 heavy (non-hydrogen) atoms. The predicted molar refractivity (Wildman–Crippen MR) is 63.2 cm³/mol. The van der Waals surface area contributed by atoms with Gasteiger partial charge in [0.1, 0.15) is 6.10 Å².